The third-order valence-corrected chi connectivity index (χ3v) is 4.65. The van der Waals surface area contributed by atoms with Gasteiger partial charge in [0.15, 0.2) is 6.04 Å². The van der Waals surface area contributed by atoms with E-state index < -0.39 is 6.03 Å². The molecule has 2 rings (SSSR count). The van der Waals surface area contributed by atoms with Crippen LogP contribution in [0.3, 0.4) is 0 Å². The number of hydrogen-bond donors (Lipinski definition) is 4. The van der Waals surface area contributed by atoms with Crippen molar-refractivity contribution in [2.75, 3.05) is 33.2 Å². The molecule has 1 saturated heterocycles. The summed E-state index contributed by atoms with van der Waals surface area (Å²) < 4.78 is 0. The number of rotatable bonds is 4. The van der Waals surface area contributed by atoms with Crippen LogP contribution in [0, 0.1) is 0 Å². The molecular formula is C16H25ClN4O2+2. The number of imide groups is 1. The summed E-state index contributed by atoms with van der Waals surface area (Å²) in [5, 5.41) is 5.52. The topological polar surface area (TPSA) is 67.1 Å². The Kier molecular flexibility index (Phi) is 6.38. The summed E-state index contributed by atoms with van der Waals surface area (Å²) in [6.45, 7) is 6.65. The number of benzene rings is 1. The summed E-state index contributed by atoms with van der Waals surface area (Å²) in [4.78, 5) is 26.0. The molecule has 1 heterocycles. The van der Waals surface area contributed by atoms with Gasteiger partial charge in [0.25, 0.3) is 5.91 Å². The fourth-order valence-electron chi connectivity index (χ4n) is 2.94. The molecular weight excluding hydrogens is 316 g/mol. The number of carbonyl (C=O) groups is 2. The Bertz CT molecular complexity index is 559. The fraction of sp³-hybridized carbons (Fsp3) is 0.500. The lowest BCUT2D eigenvalue weighted by Gasteiger charge is -2.32. The van der Waals surface area contributed by atoms with E-state index in [-0.39, 0.29) is 11.9 Å². The quantitative estimate of drug-likeness (QED) is 0.537. The van der Waals surface area contributed by atoms with Crippen molar-refractivity contribution in [3.8, 4) is 0 Å². The summed E-state index contributed by atoms with van der Waals surface area (Å²) in [5.74, 6) is -0.224. The van der Waals surface area contributed by atoms with Gasteiger partial charge in [-0.1, -0.05) is 23.7 Å². The van der Waals surface area contributed by atoms with Gasteiger partial charge in [-0.2, -0.15) is 0 Å². The molecule has 0 unspecified atom stereocenters. The minimum Gasteiger partial charge on any atom is -0.341 e. The van der Waals surface area contributed by atoms with E-state index in [9.17, 15) is 9.59 Å². The highest BCUT2D eigenvalue weighted by molar-refractivity contribution is 6.30. The van der Waals surface area contributed by atoms with E-state index in [0.717, 1.165) is 37.7 Å². The van der Waals surface area contributed by atoms with Crippen LogP contribution in [0.4, 0.5) is 4.79 Å². The van der Waals surface area contributed by atoms with Crippen molar-refractivity contribution >= 4 is 23.5 Å². The van der Waals surface area contributed by atoms with Crippen molar-refractivity contribution in [3.63, 3.8) is 0 Å². The third-order valence-electron chi connectivity index (χ3n) is 4.41. The average Bonchev–Trinajstić information content (AvgIpc) is 2.54. The summed E-state index contributed by atoms with van der Waals surface area (Å²) in [5.41, 5.74) is 1.24. The van der Waals surface area contributed by atoms with E-state index in [1.807, 2.05) is 25.1 Å². The van der Waals surface area contributed by atoms with Crippen LogP contribution in [0.1, 0.15) is 12.5 Å². The van der Waals surface area contributed by atoms with Crippen LogP contribution in [0.2, 0.25) is 5.02 Å². The van der Waals surface area contributed by atoms with Crippen molar-refractivity contribution in [2.24, 2.45) is 0 Å². The van der Waals surface area contributed by atoms with Gasteiger partial charge in [-0.25, -0.2) is 4.79 Å². The molecule has 1 aliphatic rings. The van der Waals surface area contributed by atoms with Gasteiger partial charge in [0, 0.05) is 17.6 Å². The first-order chi connectivity index (χ1) is 11.0. The van der Waals surface area contributed by atoms with Crippen LogP contribution in [0.15, 0.2) is 24.3 Å². The monoisotopic (exact) mass is 340 g/mol. The lowest BCUT2D eigenvalue weighted by molar-refractivity contribution is -1.02. The highest BCUT2D eigenvalue weighted by Gasteiger charge is 2.31. The van der Waals surface area contributed by atoms with Gasteiger partial charge in [0.05, 0.1) is 0 Å². The highest BCUT2D eigenvalue weighted by Crippen LogP contribution is 2.09. The Morgan fingerprint density at radius 2 is 1.96 bits per heavy atom. The number of amides is 3. The number of piperazine rings is 1. The van der Waals surface area contributed by atoms with Crippen LogP contribution in [-0.4, -0.2) is 51.2 Å². The maximum atomic E-state index is 12.0. The Balaban J connectivity index is 1.81. The zero-order valence-electron chi connectivity index (χ0n) is 13.6. The molecule has 1 atom stereocenters. The normalized spacial score (nSPS) is 22.2. The zero-order valence-corrected chi connectivity index (χ0v) is 14.4. The van der Waals surface area contributed by atoms with Gasteiger partial charge >= 0.3 is 6.03 Å². The second-order valence-electron chi connectivity index (χ2n) is 6.01. The molecule has 7 heteroatoms. The first-order valence-corrected chi connectivity index (χ1v) is 8.32. The van der Waals surface area contributed by atoms with Crippen LogP contribution in [-0.2, 0) is 11.3 Å². The Labute approximate surface area is 141 Å². The molecule has 1 aromatic carbocycles. The molecule has 1 fully saturated rings. The maximum absolute atomic E-state index is 12.0. The van der Waals surface area contributed by atoms with Gasteiger partial charge < -0.3 is 15.1 Å². The largest absolute Gasteiger partial charge is 0.341 e. The molecule has 0 radical (unpaired) electrons. The fourth-order valence-corrected chi connectivity index (χ4v) is 3.15. The molecule has 23 heavy (non-hydrogen) atoms. The van der Waals surface area contributed by atoms with Crippen molar-refractivity contribution in [2.45, 2.75) is 19.5 Å². The molecule has 0 aliphatic carbocycles. The molecule has 4 N–H and O–H groups in total. The second-order valence-corrected chi connectivity index (χ2v) is 6.44. The van der Waals surface area contributed by atoms with Gasteiger partial charge in [-0.05, 0) is 19.1 Å². The van der Waals surface area contributed by atoms with E-state index in [1.165, 1.54) is 22.4 Å². The summed E-state index contributed by atoms with van der Waals surface area (Å²) in [6, 6.07) is 7.29. The lowest BCUT2D eigenvalue weighted by Crippen LogP contribution is -3.29. The number of hydrogen-bond acceptors (Lipinski definition) is 2. The molecule has 6 nitrogen and oxygen atoms in total. The summed E-state index contributed by atoms with van der Waals surface area (Å²) in [7, 11) is 1.50. The van der Waals surface area contributed by atoms with Gasteiger partial charge in [0.1, 0.15) is 32.7 Å². The molecule has 126 valence electrons. The minimum absolute atomic E-state index is 0.222. The number of quaternary nitrogens is 2. The number of carbonyl (C=O) groups excluding carboxylic acids is 2. The molecule has 0 bridgehead atoms. The van der Waals surface area contributed by atoms with E-state index in [1.54, 1.807) is 0 Å². The number of nitrogens with one attached hydrogen (secondary N) is 4. The van der Waals surface area contributed by atoms with Crippen LogP contribution in [0.5, 0.6) is 0 Å². The first kappa shape index (κ1) is 17.7. The molecule has 1 aromatic rings. The highest BCUT2D eigenvalue weighted by atomic mass is 35.5. The molecule has 3 amide bonds. The predicted molar refractivity (Wildman–Crippen MR) is 88.6 cm³/mol. The van der Waals surface area contributed by atoms with E-state index >= 15 is 0 Å². The molecule has 0 aromatic heterocycles. The third kappa shape index (κ3) is 5.20. The smallest absolute Gasteiger partial charge is 0.321 e. The maximum Gasteiger partial charge on any atom is 0.321 e. The van der Waals surface area contributed by atoms with Crippen molar-refractivity contribution < 1.29 is 19.4 Å². The molecule has 0 spiro atoms. The van der Waals surface area contributed by atoms with Crippen LogP contribution in [0.25, 0.3) is 0 Å². The van der Waals surface area contributed by atoms with E-state index in [4.69, 9.17) is 11.6 Å². The lowest BCUT2D eigenvalue weighted by atomic mass is 10.1. The van der Waals surface area contributed by atoms with Gasteiger partial charge in [-0.15, -0.1) is 0 Å². The van der Waals surface area contributed by atoms with E-state index in [2.05, 4.69) is 16.7 Å². The number of halogens is 1. The van der Waals surface area contributed by atoms with Crippen LogP contribution < -0.4 is 20.4 Å². The summed E-state index contributed by atoms with van der Waals surface area (Å²) >= 11 is 6.03. The molecule has 0 saturated carbocycles. The standard InChI is InChI=1S/C16H23ClN4O2/c1-12(15(22)19-16(23)18-2)21-8-6-20(7-9-21)11-13-4-3-5-14(17)10-13/h3-5,10,12H,6-9,11H2,1-2H3,(H2,18,19,22,23)/p+2/t12-/m1/s1. The van der Waals surface area contributed by atoms with Crippen LogP contribution >= 0.6 is 11.6 Å². The Morgan fingerprint density at radius 1 is 1.26 bits per heavy atom. The summed E-state index contributed by atoms with van der Waals surface area (Å²) in [6.07, 6.45) is 0. The van der Waals surface area contributed by atoms with Gasteiger partial charge in [0.2, 0.25) is 0 Å². The average molecular weight is 341 g/mol. The predicted octanol–water partition coefficient (Wildman–Crippen LogP) is -1.53. The van der Waals surface area contributed by atoms with Crippen molar-refractivity contribution in [1.29, 1.82) is 0 Å². The first-order valence-electron chi connectivity index (χ1n) is 7.94. The minimum atomic E-state index is -0.452. The number of urea groups is 1. The van der Waals surface area contributed by atoms with Crippen molar-refractivity contribution in [1.82, 2.24) is 10.6 Å². The van der Waals surface area contributed by atoms with Gasteiger partial charge in [-0.3, -0.25) is 10.1 Å². The molecule has 1 aliphatic heterocycles. The SMILES string of the molecule is CNC(=O)NC(=O)[C@@H](C)[NH+]1CC[NH+](Cc2cccc(Cl)c2)CC1. The zero-order chi connectivity index (χ0) is 16.8. The van der Waals surface area contributed by atoms with E-state index in [0.29, 0.717) is 0 Å². The van der Waals surface area contributed by atoms with Crippen molar-refractivity contribution in [3.05, 3.63) is 34.9 Å². The Hall–Kier alpha value is -1.63. The Morgan fingerprint density at radius 3 is 2.57 bits per heavy atom. The second kappa shape index (κ2) is 8.29.